The maximum absolute atomic E-state index is 13.8. The van der Waals surface area contributed by atoms with E-state index < -0.39 is 24.3 Å². The minimum Gasteiger partial charge on any atom is -0.333 e. The van der Waals surface area contributed by atoms with Gasteiger partial charge >= 0.3 is 6.03 Å². The number of halogens is 1. The summed E-state index contributed by atoms with van der Waals surface area (Å²) in [5.41, 5.74) is 1.65. The third-order valence-electron chi connectivity index (χ3n) is 6.94. The van der Waals surface area contributed by atoms with Crippen LogP contribution in [-0.2, 0) is 16.1 Å². The fourth-order valence-corrected chi connectivity index (χ4v) is 5.46. The smallest absolute Gasteiger partial charge is 0.333 e. The van der Waals surface area contributed by atoms with Crippen LogP contribution < -0.4 is 5.32 Å². The molecule has 3 atom stereocenters. The number of fused-ring (bicyclic) bond motifs is 1. The molecule has 0 spiro atoms. The van der Waals surface area contributed by atoms with E-state index in [2.05, 4.69) is 5.32 Å². The highest BCUT2D eigenvalue weighted by atomic mass is 32.2. The molecule has 2 saturated heterocycles. The molecule has 2 heterocycles. The molecular weight excluding hydrogens is 507 g/mol. The van der Waals surface area contributed by atoms with Crippen LogP contribution in [-0.4, -0.2) is 81.5 Å². The lowest BCUT2D eigenvalue weighted by molar-refractivity contribution is -0.191. The lowest BCUT2D eigenvalue weighted by Crippen LogP contribution is -2.76. The summed E-state index contributed by atoms with van der Waals surface area (Å²) in [7, 11) is 0. The van der Waals surface area contributed by atoms with Gasteiger partial charge in [0.05, 0.1) is 25.2 Å². The number of thioether (sulfide) groups is 1. The molecule has 0 aliphatic carbocycles. The van der Waals surface area contributed by atoms with Crippen LogP contribution in [0.4, 0.5) is 9.18 Å². The molecule has 2 unspecified atom stereocenters. The number of hydrogen-bond donors (Lipinski definition) is 1. The van der Waals surface area contributed by atoms with E-state index in [-0.39, 0.29) is 43.8 Å². The number of piperazine rings is 1. The number of hydrazine groups is 1. The van der Waals surface area contributed by atoms with Crippen LogP contribution in [0.2, 0.25) is 0 Å². The first-order chi connectivity index (χ1) is 18.3. The molecule has 2 aromatic carbocycles. The maximum Gasteiger partial charge on any atom is 0.334 e. The van der Waals surface area contributed by atoms with Gasteiger partial charge in [0.2, 0.25) is 11.8 Å². The van der Waals surface area contributed by atoms with Gasteiger partial charge in [0, 0.05) is 6.54 Å². The molecule has 1 N–H and O–H groups in total. The van der Waals surface area contributed by atoms with Crippen LogP contribution in [0, 0.1) is 17.1 Å². The largest absolute Gasteiger partial charge is 0.334 e. The molecule has 2 fully saturated rings. The van der Waals surface area contributed by atoms with Gasteiger partial charge in [-0.05, 0) is 48.6 Å². The Balaban J connectivity index is 1.68. The zero-order chi connectivity index (χ0) is 27.2. The minimum absolute atomic E-state index is 0.0551. The summed E-state index contributed by atoms with van der Waals surface area (Å²) in [6.45, 7) is 1.83. The van der Waals surface area contributed by atoms with Gasteiger partial charge in [0.25, 0.3) is 0 Å². The van der Waals surface area contributed by atoms with E-state index in [1.807, 2.05) is 49.6 Å². The van der Waals surface area contributed by atoms with Crippen molar-refractivity contribution in [1.29, 1.82) is 5.26 Å². The predicted molar refractivity (Wildman–Crippen MR) is 142 cm³/mol. The average Bonchev–Trinajstić information content (AvgIpc) is 2.92. The Hall–Kier alpha value is -3.62. The van der Waals surface area contributed by atoms with Crippen LogP contribution in [0.1, 0.15) is 30.5 Å². The molecule has 200 valence electrons. The zero-order valence-electron chi connectivity index (χ0n) is 21.4. The van der Waals surface area contributed by atoms with Crippen LogP contribution in [0.25, 0.3) is 0 Å². The number of hydrogen-bond acceptors (Lipinski definition) is 6. The number of carbonyl (C=O) groups is 3. The molecule has 9 nitrogen and oxygen atoms in total. The van der Waals surface area contributed by atoms with E-state index in [9.17, 15) is 24.0 Å². The lowest BCUT2D eigenvalue weighted by atomic mass is 9.99. The summed E-state index contributed by atoms with van der Waals surface area (Å²) in [6, 6.07) is 15.8. The summed E-state index contributed by atoms with van der Waals surface area (Å²) in [5, 5.41) is 15.2. The SMILES string of the molecule is CSCC[C@H]1C(=O)N(C(C)c2ccc(F)cc2)CC2N1C(=O)CN(CC#N)N2C(=O)NCc1ccccc1. The van der Waals surface area contributed by atoms with E-state index in [1.165, 1.54) is 27.1 Å². The van der Waals surface area contributed by atoms with Gasteiger partial charge in [-0.3, -0.25) is 9.59 Å². The Bertz CT molecular complexity index is 1190. The van der Waals surface area contributed by atoms with Gasteiger partial charge in [0.15, 0.2) is 0 Å². The number of nitriles is 1. The first-order valence-corrected chi connectivity index (χ1v) is 13.8. The highest BCUT2D eigenvalue weighted by molar-refractivity contribution is 7.98. The Morgan fingerprint density at radius 1 is 1.18 bits per heavy atom. The van der Waals surface area contributed by atoms with E-state index in [4.69, 9.17) is 0 Å². The number of nitrogens with one attached hydrogen (secondary N) is 1. The maximum atomic E-state index is 13.8. The molecule has 2 aliphatic rings. The lowest BCUT2D eigenvalue weighted by Gasteiger charge is -2.55. The van der Waals surface area contributed by atoms with Crippen molar-refractivity contribution in [3.8, 4) is 6.07 Å². The van der Waals surface area contributed by atoms with E-state index in [0.717, 1.165) is 11.1 Å². The molecule has 0 radical (unpaired) electrons. The van der Waals surface area contributed by atoms with Crippen molar-refractivity contribution in [1.82, 2.24) is 25.1 Å². The third kappa shape index (κ3) is 5.76. The normalized spacial score (nSPS) is 20.6. The van der Waals surface area contributed by atoms with Crippen molar-refractivity contribution < 1.29 is 18.8 Å². The fraction of sp³-hybridized carbons (Fsp3) is 0.407. The molecule has 0 aromatic heterocycles. The van der Waals surface area contributed by atoms with Crippen molar-refractivity contribution in [2.24, 2.45) is 0 Å². The second-order valence-electron chi connectivity index (χ2n) is 9.27. The standard InChI is InChI=1S/C27H31FN6O3S/c1-19(21-8-10-22(28)11-9-21)32-17-24-33(23(26(32)36)12-15-38-2)25(35)18-31(14-13-29)34(24)27(37)30-16-20-6-4-3-5-7-20/h3-11,19,23-24H,12,14-18H2,1-2H3,(H,30,37)/t19?,23-,24?/m0/s1. The number of benzene rings is 2. The summed E-state index contributed by atoms with van der Waals surface area (Å²) < 4.78 is 13.6. The zero-order valence-corrected chi connectivity index (χ0v) is 22.2. The molecule has 0 bridgehead atoms. The predicted octanol–water partition coefficient (Wildman–Crippen LogP) is 2.97. The molecule has 38 heavy (non-hydrogen) atoms. The highest BCUT2D eigenvalue weighted by Gasteiger charge is 2.52. The van der Waals surface area contributed by atoms with Gasteiger partial charge in [-0.15, -0.1) is 0 Å². The Labute approximate surface area is 226 Å². The van der Waals surface area contributed by atoms with E-state index in [1.54, 1.807) is 28.8 Å². The van der Waals surface area contributed by atoms with Crippen LogP contribution >= 0.6 is 11.8 Å². The van der Waals surface area contributed by atoms with Gasteiger partial charge in [-0.25, -0.2) is 14.2 Å². The average molecular weight is 539 g/mol. The van der Waals surface area contributed by atoms with Crippen LogP contribution in [0.5, 0.6) is 0 Å². The van der Waals surface area contributed by atoms with Gasteiger partial charge in [-0.2, -0.15) is 22.0 Å². The van der Waals surface area contributed by atoms with Crippen molar-refractivity contribution >= 4 is 29.6 Å². The van der Waals surface area contributed by atoms with Crippen molar-refractivity contribution in [3.63, 3.8) is 0 Å². The van der Waals surface area contributed by atoms with E-state index in [0.29, 0.717) is 12.2 Å². The molecule has 2 aliphatic heterocycles. The summed E-state index contributed by atoms with van der Waals surface area (Å²) in [5.74, 6) is -0.237. The molecule has 0 saturated carbocycles. The third-order valence-corrected chi connectivity index (χ3v) is 7.58. The van der Waals surface area contributed by atoms with Gasteiger partial charge < -0.3 is 15.1 Å². The van der Waals surface area contributed by atoms with Crippen molar-refractivity contribution in [2.45, 2.75) is 38.1 Å². The second-order valence-corrected chi connectivity index (χ2v) is 10.3. The quantitative estimate of drug-likeness (QED) is 0.519. The first-order valence-electron chi connectivity index (χ1n) is 12.4. The molecular formula is C27H31FN6O3S. The van der Waals surface area contributed by atoms with Crippen LogP contribution in [0.3, 0.4) is 0 Å². The Morgan fingerprint density at radius 3 is 2.55 bits per heavy atom. The summed E-state index contributed by atoms with van der Waals surface area (Å²) >= 11 is 1.57. The van der Waals surface area contributed by atoms with Gasteiger partial charge in [-0.1, -0.05) is 42.5 Å². The van der Waals surface area contributed by atoms with Gasteiger partial charge in [0.1, 0.15) is 24.6 Å². The highest BCUT2D eigenvalue weighted by Crippen LogP contribution is 2.33. The molecule has 11 heteroatoms. The van der Waals surface area contributed by atoms with E-state index >= 15 is 0 Å². The number of amides is 4. The number of carbonyl (C=O) groups excluding carboxylic acids is 3. The molecule has 4 rings (SSSR count). The van der Waals surface area contributed by atoms with Crippen LogP contribution in [0.15, 0.2) is 54.6 Å². The summed E-state index contributed by atoms with van der Waals surface area (Å²) in [6.07, 6.45) is 1.56. The number of rotatable bonds is 8. The number of nitrogens with zero attached hydrogens (tertiary/aromatic N) is 5. The minimum atomic E-state index is -0.798. The first kappa shape index (κ1) is 27.4. The van der Waals surface area contributed by atoms with Crippen molar-refractivity contribution in [3.05, 3.63) is 71.5 Å². The Kier molecular flexibility index (Phi) is 8.86. The number of urea groups is 1. The summed E-state index contributed by atoms with van der Waals surface area (Å²) in [4.78, 5) is 43.9. The Morgan fingerprint density at radius 2 is 1.89 bits per heavy atom. The van der Waals surface area contributed by atoms with Crippen molar-refractivity contribution in [2.75, 3.05) is 31.6 Å². The topological polar surface area (TPSA) is 100.0 Å². The molecule has 2 aromatic rings. The fourth-order valence-electron chi connectivity index (χ4n) is 5.00. The monoisotopic (exact) mass is 538 g/mol. The molecule has 4 amide bonds. The second kappa shape index (κ2) is 12.3.